The van der Waals surface area contributed by atoms with E-state index in [-0.39, 0.29) is 0 Å². The minimum atomic E-state index is -2.01. The van der Waals surface area contributed by atoms with Gasteiger partial charge in [-0.05, 0) is 53.2 Å². The van der Waals surface area contributed by atoms with Crippen molar-refractivity contribution in [3.8, 4) is 11.5 Å². The highest BCUT2D eigenvalue weighted by atomic mass is 28.4. The number of methoxy groups -OCH3 is 1. The maximum Gasteiger partial charge on any atom is 0.258 e. The third-order valence-electron chi connectivity index (χ3n) is 6.47. The summed E-state index contributed by atoms with van der Waals surface area (Å²) in [4.78, 5) is 0. The standard InChI is InChI=1S/C26H42O3Si/c1-10-12-22-23(13-11-2)26(29-25-15-14-21(27-9)16-24(22)25)17-28-30(18(3)4,19(5)6)20(7)8/h14-20H,10-13H2,1-9H3/b26-17-. The Labute approximate surface area is 185 Å². The normalized spacial score (nSPS) is 15.8. The van der Waals surface area contributed by atoms with Crippen LogP contribution in [-0.4, -0.2) is 15.4 Å². The Balaban J connectivity index is 2.59. The van der Waals surface area contributed by atoms with Gasteiger partial charge in [0.2, 0.25) is 0 Å². The highest BCUT2D eigenvalue weighted by Gasteiger charge is 2.46. The van der Waals surface area contributed by atoms with Gasteiger partial charge < -0.3 is 13.9 Å². The summed E-state index contributed by atoms with van der Waals surface area (Å²) in [5, 5.41) is 0. The van der Waals surface area contributed by atoms with Crippen molar-refractivity contribution in [3.63, 3.8) is 0 Å². The topological polar surface area (TPSA) is 27.7 Å². The van der Waals surface area contributed by atoms with Crippen LogP contribution in [0.5, 0.6) is 11.5 Å². The molecule has 4 heteroatoms. The molecular formula is C26H42O3Si. The highest BCUT2D eigenvalue weighted by molar-refractivity contribution is 6.77. The van der Waals surface area contributed by atoms with Gasteiger partial charge in [-0.3, -0.25) is 0 Å². The van der Waals surface area contributed by atoms with Gasteiger partial charge >= 0.3 is 0 Å². The molecule has 0 radical (unpaired) electrons. The van der Waals surface area contributed by atoms with Crippen molar-refractivity contribution in [1.82, 2.24) is 0 Å². The summed E-state index contributed by atoms with van der Waals surface area (Å²) in [6.45, 7) is 18.4. The van der Waals surface area contributed by atoms with E-state index in [1.807, 2.05) is 18.4 Å². The first kappa shape index (κ1) is 24.6. The van der Waals surface area contributed by atoms with Gasteiger partial charge in [-0.15, -0.1) is 0 Å². The molecule has 2 rings (SSSR count). The van der Waals surface area contributed by atoms with Crippen LogP contribution >= 0.6 is 0 Å². The second-order valence-corrected chi connectivity index (χ2v) is 14.7. The quantitative estimate of drug-likeness (QED) is 0.275. The SMILES string of the molecule is CCCC1=C(CCC)c2cc(OC)ccc2O/C1=C\O[Si](C(C)C)(C(C)C)C(C)C. The Morgan fingerprint density at radius 3 is 1.97 bits per heavy atom. The van der Waals surface area contributed by atoms with Crippen LogP contribution in [0.2, 0.25) is 16.6 Å². The fourth-order valence-electron chi connectivity index (χ4n) is 5.17. The predicted octanol–water partition coefficient (Wildman–Crippen LogP) is 8.47. The molecule has 0 saturated carbocycles. The van der Waals surface area contributed by atoms with Crippen molar-refractivity contribution < 1.29 is 13.9 Å². The Morgan fingerprint density at radius 2 is 1.47 bits per heavy atom. The van der Waals surface area contributed by atoms with Crippen LogP contribution < -0.4 is 9.47 Å². The molecule has 0 N–H and O–H groups in total. The molecule has 30 heavy (non-hydrogen) atoms. The summed E-state index contributed by atoms with van der Waals surface area (Å²) < 4.78 is 18.8. The van der Waals surface area contributed by atoms with Crippen LogP contribution in [0, 0.1) is 0 Å². The second-order valence-electron chi connectivity index (χ2n) is 9.34. The largest absolute Gasteiger partial charge is 0.545 e. The van der Waals surface area contributed by atoms with E-state index in [9.17, 15) is 0 Å². The van der Waals surface area contributed by atoms with Crippen LogP contribution in [0.15, 0.2) is 35.8 Å². The molecule has 0 unspecified atom stereocenters. The molecule has 1 aliphatic heterocycles. The number of ether oxygens (including phenoxy) is 2. The van der Waals surface area contributed by atoms with Gasteiger partial charge in [-0.2, -0.15) is 0 Å². The maximum absolute atomic E-state index is 6.81. The molecule has 1 aliphatic rings. The van der Waals surface area contributed by atoms with Gasteiger partial charge in [0.15, 0.2) is 5.76 Å². The molecule has 1 aromatic rings. The molecule has 0 atom stereocenters. The first-order chi connectivity index (χ1) is 14.2. The van der Waals surface area contributed by atoms with Gasteiger partial charge in [0, 0.05) is 11.1 Å². The molecule has 0 bridgehead atoms. The molecule has 0 spiro atoms. The Morgan fingerprint density at radius 1 is 0.900 bits per heavy atom. The zero-order valence-electron chi connectivity index (χ0n) is 20.6. The van der Waals surface area contributed by atoms with Crippen LogP contribution in [0.3, 0.4) is 0 Å². The van der Waals surface area contributed by atoms with Crippen LogP contribution in [0.4, 0.5) is 0 Å². The Kier molecular flexibility index (Phi) is 8.66. The van der Waals surface area contributed by atoms with E-state index in [2.05, 4.69) is 61.5 Å². The first-order valence-corrected chi connectivity index (χ1v) is 13.8. The van der Waals surface area contributed by atoms with Crippen molar-refractivity contribution in [2.75, 3.05) is 7.11 Å². The summed E-state index contributed by atoms with van der Waals surface area (Å²) in [6.07, 6.45) is 6.15. The summed E-state index contributed by atoms with van der Waals surface area (Å²) >= 11 is 0. The summed E-state index contributed by atoms with van der Waals surface area (Å²) in [7, 11) is -0.293. The van der Waals surface area contributed by atoms with E-state index in [1.54, 1.807) is 7.11 Å². The molecule has 0 amide bonds. The highest BCUT2D eigenvalue weighted by Crippen LogP contribution is 2.45. The fraction of sp³-hybridized carbons (Fsp3) is 0.615. The Hall–Kier alpha value is -1.68. The Bertz CT molecular complexity index is 753. The number of hydrogen-bond donors (Lipinski definition) is 0. The van der Waals surface area contributed by atoms with Gasteiger partial charge in [0.1, 0.15) is 17.8 Å². The molecule has 0 saturated heterocycles. The van der Waals surface area contributed by atoms with Gasteiger partial charge in [-0.1, -0.05) is 68.2 Å². The monoisotopic (exact) mass is 430 g/mol. The number of rotatable bonds is 10. The van der Waals surface area contributed by atoms with E-state index >= 15 is 0 Å². The number of allylic oxidation sites excluding steroid dienone is 2. The summed E-state index contributed by atoms with van der Waals surface area (Å²) in [5.41, 5.74) is 5.42. The predicted molar refractivity (Wildman–Crippen MR) is 131 cm³/mol. The van der Waals surface area contributed by atoms with Crippen LogP contribution in [0.1, 0.15) is 86.6 Å². The van der Waals surface area contributed by atoms with Crippen molar-refractivity contribution in [1.29, 1.82) is 0 Å². The minimum Gasteiger partial charge on any atom is -0.545 e. The number of hydrogen-bond acceptors (Lipinski definition) is 3. The number of fused-ring (bicyclic) bond motifs is 1. The molecule has 1 aromatic carbocycles. The smallest absolute Gasteiger partial charge is 0.258 e. The lowest BCUT2D eigenvalue weighted by molar-refractivity contribution is 0.357. The molecule has 0 aliphatic carbocycles. The van der Waals surface area contributed by atoms with E-state index < -0.39 is 8.32 Å². The van der Waals surface area contributed by atoms with Crippen LogP contribution in [-0.2, 0) is 4.43 Å². The van der Waals surface area contributed by atoms with Crippen molar-refractivity contribution in [2.45, 2.75) is 97.7 Å². The minimum absolute atomic E-state index is 0.531. The zero-order chi connectivity index (χ0) is 22.5. The zero-order valence-corrected chi connectivity index (χ0v) is 21.6. The van der Waals surface area contributed by atoms with Crippen molar-refractivity contribution in [3.05, 3.63) is 41.4 Å². The van der Waals surface area contributed by atoms with E-state index in [4.69, 9.17) is 13.9 Å². The fourth-order valence-corrected chi connectivity index (χ4v) is 10.3. The van der Waals surface area contributed by atoms with E-state index in [1.165, 1.54) is 11.1 Å². The first-order valence-electron chi connectivity index (χ1n) is 11.7. The van der Waals surface area contributed by atoms with E-state index in [0.29, 0.717) is 16.6 Å². The van der Waals surface area contributed by atoms with E-state index in [0.717, 1.165) is 48.5 Å². The van der Waals surface area contributed by atoms with Gasteiger partial charge in [-0.25, -0.2) is 0 Å². The average molecular weight is 431 g/mol. The average Bonchev–Trinajstić information content (AvgIpc) is 2.69. The molecular weight excluding hydrogens is 388 g/mol. The van der Waals surface area contributed by atoms with Crippen molar-refractivity contribution in [2.24, 2.45) is 0 Å². The van der Waals surface area contributed by atoms with Gasteiger partial charge in [0.25, 0.3) is 8.32 Å². The summed E-state index contributed by atoms with van der Waals surface area (Å²) in [5.74, 6) is 2.67. The van der Waals surface area contributed by atoms with Gasteiger partial charge in [0.05, 0.1) is 7.11 Å². The molecule has 0 aromatic heterocycles. The third-order valence-corrected chi connectivity index (χ3v) is 12.4. The lowest BCUT2D eigenvalue weighted by Gasteiger charge is -2.41. The lowest BCUT2D eigenvalue weighted by Crippen LogP contribution is -2.46. The molecule has 3 nitrogen and oxygen atoms in total. The maximum atomic E-state index is 6.81. The lowest BCUT2D eigenvalue weighted by atomic mass is 9.90. The number of benzene rings is 1. The molecule has 1 heterocycles. The molecule has 168 valence electrons. The molecule has 0 fully saturated rings. The van der Waals surface area contributed by atoms with Crippen LogP contribution in [0.25, 0.3) is 5.57 Å². The third kappa shape index (κ3) is 4.79. The van der Waals surface area contributed by atoms with Crippen molar-refractivity contribution >= 4 is 13.9 Å². The second kappa shape index (κ2) is 10.6. The summed E-state index contributed by atoms with van der Waals surface area (Å²) in [6, 6.07) is 6.11.